The fourth-order valence-corrected chi connectivity index (χ4v) is 3.98. The minimum Gasteiger partial charge on any atom is -0.355 e. The first-order valence-corrected chi connectivity index (χ1v) is 9.48. The molecular formula is C17H30IN5OS. The number of aromatic nitrogens is 1. The van der Waals surface area contributed by atoms with Crippen LogP contribution in [-0.2, 0) is 17.8 Å². The molecule has 0 aromatic carbocycles. The van der Waals surface area contributed by atoms with Crippen LogP contribution in [0.3, 0.4) is 0 Å². The number of carbonyl (C=O) groups is 1. The predicted octanol–water partition coefficient (Wildman–Crippen LogP) is 2.64. The third kappa shape index (κ3) is 5.80. The summed E-state index contributed by atoms with van der Waals surface area (Å²) < 4.78 is 0. The smallest absolute Gasteiger partial charge is 0.230 e. The van der Waals surface area contributed by atoms with Gasteiger partial charge in [-0.25, -0.2) is 4.98 Å². The number of carbonyl (C=O) groups excluding carboxylic acids is 1. The second-order valence-corrected chi connectivity index (χ2v) is 7.50. The summed E-state index contributed by atoms with van der Waals surface area (Å²) in [5.74, 6) is 0.939. The van der Waals surface area contributed by atoms with E-state index in [1.807, 2.05) is 14.1 Å². The fraction of sp³-hybridized carbons (Fsp3) is 0.706. The maximum absolute atomic E-state index is 12.6. The average molecular weight is 479 g/mol. The molecule has 6 nitrogen and oxygen atoms in total. The molecule has 0 saturated heterocycles. The summed E-state index contributed by atoms with van der Waals surface area (Å²) in [7, 11) is 5.43. The Labute approximate surface area is 171 Å². The van der Waals surface area contributed by atoms with Crippen molar-refractivity contribution in [2.24, 2.45) is 10.4 Å². The van der Waals surface area contributed by atoms with E-state index in [2.05, 4.69) is 32.9 Å². The largest absolute Gasteiger partial charge is 0.355 e. The van der Waals surface area contributed by atoms with Gasteiger partial charge in [-0.05, 0) is 19.3 Å². The van der Waals surface area contributed by atoms with Crippen molar-refractivity contribution in [3.63, 3.8) is 0 Å². The van der Waals surface area contributed by atoms with Crippen molar-refractivity contribution in [3.8, 4) is 0 Å². The molecule has 1 aliphatic rings. The van der Waals surface area contributed by atoms with Crippen molar-refractivity contribution in [1.29, 1.82) is 0 Å². The summed E-state index contributed by atoms with van der Waals surface area (Å²) in [6.07, 6.45) is 5.09. The summed E-state index contributed by atoms with van der Waals surface area (Å²) >= 11 is 1.69. The summed E-state index contributed by atoms with van der Waals surface area (Å²) in [4.78, 5) is 23.1. The molecule has 1 amide bonds. The molecule has 1 aromatic rings. The number of guanidine groups is 1. The standard InChI is InChI=1S/C17H29N5OS.HI/c1-5-14-21-13(11-24-14)10-19-16(18-2)20-12-17(8-6-7-9-17)15(23)22(3)4;/h11H,5-10,12H2,1-4H3,(H2,18,19,20);1H. The number of thiazole rings is 1. The zero-order chi connectivity index (χ0) is 17.6. The molecule has 0 aliphatic heterocycles. The monoisotopic (exact) mass is 479 g/mol. The number of aryl methyl sites for hydroxylation is 1. The van der Waals surface area contributed by atoms with Gasteiger partial charge in [0.2, 0.25) is 5.91 Å². The Hall–Kier alpha value is -0.900. The number of halogens is 1. The normalized spacial score (nSPS) is 16.2. The van der Waals surface area contributed by atoms with Gasteiger partial charge in [0.1, 0.15) is 0 Å². The van der Waals surface area contributed by atoms with Crippen LogP contribution in [0.15, 0.2) is 10.4 Å². The molecule has 1 heterocycles. The molecule has 0 bridgehead atoms. The molecule has 2 N–H and O–H groups in total. The lowest BCUT2D eigenvalue weighted by molar-refractivity contribution is -0.138. The molecule has 1 saturated carbocycles. The van der Waals surface area contributed by atoms with E-state index in [1.54, 1.807) is 23.3 Å². The van der Waals surface area contributed by atoms with Gasteiger partial charge in [0.15, 0.2) is 5.96 Å². The number of hydrogen-bond acceptors (Lipinski definition) is 4. The second kappa shape index (κ2) is 10.3. The van der Waals surface area contributed by atoms with E-state index in [4.69, 9.17) is 0 Å². The van der Waals surface area contributed by atoms with E-state index in [-0.39, 0.29) is 35.3 Å². The lowest BCUT2D eigenvalue weighted by Crippen LogP contribution is -2.49. The summed E-state index contributed by atoms with van der Waals surface area (Å²) in [5, 5.41) is 9.86. The number of nitrogens with zero attached hydrogens (tertiary/aromatic N) is 3. The zero-order valence-corrected chi connectivity index (χ0v) is 18.7. The molecule has 8 heteroatoms. The molecule has 0 atom stereocenters. The van der Waals surface area contributed by atoms with Crippen LogP contribution in [0.1, 0.15) is 43.3 Å². The van der Waals surface area contributed by atoms with Gasteiger partial charge in [-0.1, -0.05) is 19.8 Å². The lowest BCUT2D eigenvalue weighted by Gasteiger charge is -2.31. The van der Waals surface area contributed by atoms with Gasteiger partial charge in [0, 0.05) is 33.1 Å². The molecule has 25 heavy (non-hydrogen) atoms. The topological polar surface area (TPSA) is 69.6 Å². The van der Waals surface area contributed by atoms with Crippen LogP contribution in [0, 0.1) is 5.41 Å². The number of hydrogen-bond donors (Lipinski definition) is 2. The van der Waals surface area contributed by atoms with E-state index >= 15 is 0 Å². The van der Waals surface area contributed by atoms with Crippen LogP contribution in [0.4, 0.5) is 0 Å². The summed E-state index contributed by atoms with van der Waals surface area (Å²) in [6, 6.07) is 0. The van der Waals surface area contributed by atoms with Crippen LogP contribution in [0.5, 0.6) is 0 Å². The minimum absolute atomic E-state index is 0. The second-order valence-electron chi connectivity index (χ2n) is 6.55. The molecule has 1 aliphatic carbocycles. The first-order chi connectivity index (χ1) is 11.5. The van der Waals surface area contributed by atoms with Gasteiger partial charge in [-0.3, -0.25) is 9.79 Å². The van der Waals surface area contributed by atoms with Crippen LogP contribution in [0.25, 0.3) is 0 Å². The maximum atomic E-state index is 12.6. The van der Waals surface area contributed by atoms with Crippen molar-refractivity contribution in [2.45, 2.75) is 45.6 Å². The third-order valence-corrected chi connectivity index (χ3v) is 5.62. The van der Waals surface area contributed by atoms with Crippen molar-refractivity contribution in [1.82, 2.24) is 20.5 Å². The van der Waals surface area contributed by atoms with Crippen molar-refractivity contribution >= 4 is 47.2 Å². The first-order valence-electron chi connectivity index (χ1n) is 8.60. The van der Waals surface area contributed by atoms with Crippen molar-refractivity contribution < 1.29 is 4.79 Å². The summed E-state index contributed by atoms with van der Waals surface area (Å²) in [6.45, 7) is 3.38. The first kappa shape index (κ1) is 22.1. The quantitative estimate of drug-likeness (QED) is 0.374. The number of aliphatic imine (C=N–C) groups is 1. The fourth-order valence-electron chi connectivity index (χ4n) is 3.23. The SMILES string of the molecule is CCc1nc(CNC(=NC)NCC2(C(=O)N(C)C)CCCC2)cs1.I. The Morgan fingerprint density at radius 3 is 2.56 bits per heavy atom. The highest BCUT2D eigenvalue weighted by Crippen LogP contribution is 2.38. The van der Waals surface area contributed by atoms with E-state index in [0.717, 1.165) is 48.8 Å². The van der Waals surface area contributed by atoms with Crippen LogP contribution in [-0.4, -0.2) is 49.4 Å². The highest BCUT2D eigenvalue weighted by atomic mass is 127. The molecule has 1 fully saturated rings. The van der Waals surface area contributed by atoms with Gasteiger partial charge in [-0.15, -0.1) is 35.3 Å². The highest BCUT2D eigenvalue weighted by Gasteiger charge is 2.42. The summed E-state index contributed by atoms with van der Waals surface area (Å²) in [5.41, 5.74) is 0.733. The molecule has 2 rings (SSSR count). The van der Waals surface area contributed by atoms with Gasteiger partial charge in [0.25, 0.3) is 0 Å². The number of amides is 1. The molecule has 142 valence electrons. The molecule has 0 unspecified atom stereocenters. The van der Waals surface area contributed by atoms with Crippen molar-refractivity contribution in [2.75, 3.05) is 27.7 Å². The van der Waals surface area contributed by atoms with Crippen molar-refractivity contribution in [3.05, 3.63) is 16.1 Å². The maximum Gasteiger partial charge on any atom is 0.230 e. The Balaban J connectivity index is 0.00000312. The Bertz CT molecular complexity index is 581. The van der Waals surface area contributed by atoms with E-state index in [0.29, 0.717) is 13.1 Å². The third-order valence-electron chi connectivity index (χ3n) is 4.58. The van der Waals surface area contributed by atoms with E-state index in [1.165, 1.54) is 0 Å². The van der Waals surface area contributed by atoms with E-state index < -0.39 is 0 Å². The predicted molar refractivity (Wildman–Crippen MR) is 115 cm³/mol. The van der Waals surface area contributed by atoms with Crippen LogP contribution in [0.2, 0.25) is 0 Å². The number of nitrogens with one attached hydrogen (secondary N) is 2. The Morgan fingerprint density at radius 2 is 2.04 bits per heavy atom. The van der Waals surface area contributed by atoms with Gasteiger partial charge < -0.3 is 15.5 Å². The number of rotatable bonds is 6. The Kier molecular flexibility index (Phi) is 9.12. The van der Waals surface area contributed by atoms with Gasteiger partial charge >= 0.3 is 0 Å². The molecule has 0 spiro atoms. The lowest BCUT2D eigenvalue weighted by atomic mass is 9.84. The molecule has 1 aromatic heterocycles. The Morgan fingerprint density at radius 1 is 1.36 bits per heavy atom. The minimum atomic E-state index is -0.295. The van der Waals surface area contributed by atoms with Gasteiger partial charge in [0.05, 0.1) is 22.7 Å². The zero-order valence-electron chi connectivity index (χ0n) is 15.6. The molecular weight excluding hydrogens is 449 g/mol. The average Bonchev–Trinajstić information content (AvgIpc) is 3.24. The van der Waals surface area contributed by atoms with Gasteiger partial charge in [-0.2, -0.15) is 0 Å². The molecule has 0 radical (unpaired) electrons. The van der Waals surface area contributed by atoms with Crippen LogP contribution >= 0.6 is 35.3 Å². The highest BCUT2D eigenvalue weighted by molar-refractivity contribution is 14.0. The van der Waals surface area contributed by atoms with E-state index in [9.17, 15) is 4.79 Å². The van der Waals surface area contributed by atoms with Crippen LogP contribution < -0.4 is 10.6 Å².